The number of hydrogen-bond acceptors (Lipinski definition) is 3. The molecule has 0 amide bonds. The molecule has 0 saturated carbocycles. The summed E-state index contributed by atoms with van der Waals surface area (Å²) in [6.45, 7) is 7.99. The van der Waals surface area contributed by atoms with Crippen molar-refractivity contribution in [3.63, 3.8) is 0 Å². The van der Waals surface area contributed by atoms with Gasteiger partial charge in [-0.25, -0.2) is 13.1 Å². The Labute approximate surface area is 106 Å². The van der Waals surface area contributed by atoms with Crippen LogP contribution in [0.15, 0.2) is 0 Å². The molecule has 2 N–H and O–H groups in total. The first-order valence-electron chi connectivity index (χ1n) is 6.65. The van der Waals surface area contributed by atoms with Gasteiger partial charge < -0.3 is 5.32 Å². The Hall–Kier alpha value is -0.130. The zero-order valence-corrected chi connectivity index (χ0v) is 12.0. The van der Waals surface area contributed by atoms with Crippen molar-refractivity contribution in [2.24, 2.45) is 11.8 Å². The molecule has 0 aromatic rings. The SMILES string of the molecule is CCCC(C)CS(=O)(=O)NC1CCNCC1C. The minimum Gasteiger partial charge on any atom is -0.316 e. The first-order valence-corrected chi connectivity index (χ1v) is 8.30. The van der Waals surface area contributed by atoms with Gasteiger partial charge in [0.25, 0.3) is 0 Å². The zero-order valence-electron chi connectivity index (χ0n) is 11.2. The molecular weight excluding hydrogens is 236 g/mol. The van der Waals surface area contributed by atoms with Crippen LogP contribution in [0.2, 0.25) is 0 Å². The van der Waals surface area contributed by atoms with Gasteiger partial charge in [-0.1, -0.05) is 27.2 Å². The van der Waals surface area contributed by atoms with E-state index in [9.17, 15) is 8.42 Å². The molecular formula is C12H26N2O2S. The lowest BCUT2D eigenvalue weighted by Gasteiger charge is -2.30. The van der Waals surface area contributed by atoms with E-state index in [1.807, 2.05) is 6.92 Å². The van der Waals surface area contributed by atoms with Gasteiger partial charge in [-0.15, -0.1) is 0 Å². The van der Waals surface area contributed by atoms with Gasteiger partial charge in [-0.2, -0.15) is 0 Å². The minimum atomic E-state index is -3.11. The fourth-order valence-corrected chi connectivity index (χ4v) is 4.24. The van der Waals surface area contributed by atoms with E-state index in [4.69, 9.17) is 0 Å². The second-order valence-electron chi connectivity index (χ2n) is 5.37. The molecule has 102 valence electrons. The summed E-state index contributed by atoms with van der Waals surface area (Å²) in [7, 11) is -3.11. The first kappa shape index (κ1) is 14.9. The normalized spacial score (nSPS) is 27.9. The van der Waals surface area contributed by atoms with Crippen LogP contribution in [0.25, 0.3) is 0 Å². The molecule has 1 aliphatic rings. The molecule has 0 bridgehead atoms. The lowest BCUT2D eigenvalue weighted by molar-refractivity contribution is 0.327. The van der Waals surface area contributed by atoms with Gasteiger partial charge in [-0.3, -0.25) is 0 Å². The monoisotopic (exact) mass is 262 g/mol. The molecule has 0 aromatic carbocycles. The summed E-state index contributed by atoms with van der Waals surface area (Å²) < 4.78 is 26.9. The van der Waals surface area contributed by atoms with Crippen LogP contribution in [-0.4, -0.2) is 33.3 Å². The second kappa shape index (κ2) is 6.71. The van der Waals surface area contributed by atoms with E-state index in [0.29, 0.717) is 5.92 Å². The molecule has 3 unspecified atom stereocenters. The Kier molecular flexibility index (Phi) is 5.89. The van der Waals surface area contributed by atoms with Crippen molar-refractivity contribution in [2.75, 3.05) is 18.8 Å². The van der Waals surface area contributed by atoms with Gasteiger partial charge in [-0.05, 0) is 37.8 Å². The lowest BCUT2D eigenvalue weighted by atomic mass is 9.97. The van der Waals surface area contributed by atoms with Gasteiger partial charge in [0.2, 0.25) is 10.0 Å². The van der Waals surface area contributed by atoms with E-state index in [1.54, 1.807) is 0 Å². The Balaban J connectivity index is 2.47. The van der Waals surface area contributed by atoms with E-state index in [0.717, 1.165) is 32.4 Å². The van der Waals surface area contributed by atoms with Gasteiger partial charge >= 0.3 is 0 Å². The van der Waals surface area contributed by atoms with Crippen LogP contribution >= 0.6 is 0 Å². The highest BCUT2D eigenvalue weighted by atomic mass is 32.2. The third kappa shape index (κ3) is 5.36. The van der Waals surface area contributed by atoms with E-state index in [-0.39, 0.29) is 17.7 Å². The van der Waals surface area contributed by atoms with Crippen LogP contribution in [0.5, 0.6) is 0 Å². The van der Waals surface area contributed by atoms with Crippen LogP contribution in [0.4, 0.5) is 0 Å². The molecule has 1 saturated heterocycles. The summed E-state index contributed by atoms with van der Waals surface area (Å²) in [5.41, 5.74) is 0. The molecule has 5 heteroatoms. The van der Waals surface area contributed by atoms with E-state index < -0.39 is 10.0 Å². The smallest absolute Gasteiger partial charge is 0.212 e. The maximum atomic E-state index is 12.0. The first-order chi connectivity index (χ1) is 7.94. The van der Waals surface area contributed by atoms with Crippen LogP contribution in [0.1, 0.15) is 40.0 Å². The molecule has 1 heterocycles. The van der Waals surface area contributed by atoms with E-state index in [2.05, 4.69) is 23.9 Å². The van der Waals surface area contributed by atoms with Crippen molar-refractivity contribution in [1.29, 1.82) is 0 Å². The Morgan fingerprint density at radius 1 is 1.47 bits per heavy atom. The number of rotatable bonds is 6. The number of sulfonamides is 1. The van der Waals surface area contributed by atoms with Crippen molar-refractivity contribution in [3.8, 4) is 0 Å². The largest absolute Gasteiger partial charge is 0.316 e. The summed E-state index contributed by atoms with van der Waals surface area (Å²) in [5.74, 6) is 0.881. The van der Waals surface area contributed by atoms with Crippen LogP contribution < -0.4 is 10.0 Å². The van der Waals surface area contributed by atoms with Gasteiger partial charge in [0.15, 0.2) is 0 Å². The van der Waals surface area contributed by atoms with Crippen LogP contribution in [-0.2, 0) is 10.0 Å². The molecule has 0 aromatic heterocycles. The number of hydrogen-bond donors (Lipinski definition) is 2. The lowest BCUT2D eigenvalue weighted by Crippen LogP contribution is -2.49. The van der Waals surface area contributed by atoms with Crippen molar-refractivity contribution in [2.45, 2.75) is 46.1 Å². The molecule has 1 fully saturated rings. The second-order valence-corrected chi connectivity index (χ2v) is 7.17. The molecule has 4 nitrogen and oxygen atoms in total. The predicted molar refractivity (Wildman–Crippen MR) is 71.4 cm³/mol. The topological polar surface area (TPSA) is 58.2 Å². The number of nitrogens with one attached hydrogen (secondary N) is 2. The molecule has 1 rings (SSSR count). The fourth-order valence-electron chi connectivity index (χ4n) is 2.42. The average Bonchev–Trinajstić information content (AvgIpc) is 2.20. The molecule has 17 heavy (non-hydrogen) atoms. The summed E-state index contributed by atoms with van der Waals surface area (Å²) in [6.07, 6.45) is 2.91. The van der Waals surface area contributed by atoms with Gasteiger partial charge in [0.05, 0.1) is 5.75 Å². The summed E-state index contributed by atoms with van der Waals surface area (Å²) in [5, 5.41) is 3.28. The molecule has 0 radical (unpaired) electrons. The highest BCUT2D eigenvalue weighted by Crippen LogP contribution is 2.13. The third-order valence-electron chi connectivity index (χ3n) is 3.40. The number of piperidine rings is 1. The molecule has 1 aliphatic heterocycles. The van der Waals surface area contributed by atoms with E-state index >= 15 is 0 Å². The Morgan fingerprint density at radius 3 is 2.76 bits per heavy atom. The van der Waals surface area contributed by atoms with Crippen LogP contribution in [0, 0.1) is 11.8 Å². The molecule has 0 aliphatic carbocycles. The van der Waals surface area contributed by atoms with Crippen molar-refractivity contribution in [1.82, 2.24) is 10.0 Å². The summed E-state index contributed by atoms with van der Waals surface area (Å²) in [4.78, 5) is 0. The molecule has 3 atom stereocenters. The highest BCUT2D eigenvalue weighted by molar-refractivity contribution is 7.89. The quantitative estimate of drug-likeness (QED) is 0.759. The minimum absolute atomic E-state index is 0.107. The van der Waals surface area contributed by atoms with Gasteiger partial charge in [0, 0.05) is 6.04 Å². The van der Waals surface area contributed by atoms with Gasteiger partial charge in [0.1, 0.15) is 0 Å². The third-order valence-corrected chi connectivity index (χ3v) is 5.07. The predicted octanol–water partition coefficient (Wildman–Crippen LogP) is 1.34. The van der Waals surface area contributed by atoms with Crippen molar-refractivity contribution in [3.05, 3.63) is 0 Å². The fraction of sp³-hybridized carbons (Fsp3) is 1.00. The maximum absolute atomic E-state index is 12.0. The molecule has 0 spiro atoms. The zero-order chi connectivity index (χ0) is 12.9. The summed E-state index contributed by atoms with van der Waals surface area (Å²) in [6, 6.07) is 0.107. The maximum Gasteiger partial charge on any atom is 0.212 e. The summed E-state index contributed by atoms with van der Waals surface area (Å²) >= 11 is 0. The average molecular weight is 262 g/mol. The Bertz CT molecular complexity index is 316. The van der Waals surface area contributed by atoms with Crippen molar-refractivity contribution >= 4 is 10.0 Å². The van der Waals surface area contributed by atoms with Crippen LogP contribution in [0.3, 0.4) is 0 Å². The Morgan fingerprint density at radius 2 is 2.18 bits per heavy atom. The van der Waals surface area contributed by atoms with Crippen molar-refractivity contribution < 1.29 is 8.42 Å². The van der Waals surface area contributed by atoms with E-state index in [1.165, 1.54) is 0 Å². The standard InChI is InChI=1S/C12H26N2O2S/c1-4-5-10(2)9-17(15,16)14-12-6-7-13-8-11(12)3/h10-14H,4-9H2,1-3H3. The highest BCUT2D eigenvalue weighted by Gasteiger charge is 2.26.